The maximum absolute atomic E-state index is 11.6. The Morgan fingerprint density at radius 2 is 1.58 bits per heavy atom. The van der Waals surface area contributed by atoms with E-state index in [2.05, 4.69) is 0 Å². The summed E-state index contributed by atoms with van der Waals surface area (Å²) < 4.78 is 12.2. The topological polar surface area (TPSA) is 59.0 Å². The molecule has 0 unspecified atom stereocenters. The van der Waals surface area contributed by atoms with Crippen LogP contribution in [0.3, 0.4) is 0 Å². The Bertz CT molecular complexity index is 633. The summed E-state index contributed by atoms with van der Waals surface area (Å²) >= 11 is 0. The molecule has 2 rings (SSSR count). The summed E-state index contributed by atoms with van der Waals surface area (Å²) in [5.74, 6) is 0.0951. The van der Waals surface area contributed by atoms with Crippen LogP contribution < -0.4 is 5.46 Å². The van der Waals surface area contributed by atoms with Gasteiger partial charge in [-0.05, 0) is 65.4 Å². The molecule has 144 valence electrons. The van der Waals surface area contributed by atoms with Gasteiger partial charge in [0, 0.05) is 12.1 Å². The van der Waals surface area contributed by atoms with Crippen LogP contribution in [-0.2, 0) is 9.31 Å². The van der Waals surface area contributed by atoms with Gasteiger partial charge >= 0.3 is 13.2 Å². The Morgan fingerprint density at radius 1 is 1.12 bits per heavy atom. The van der Waals surface area contributed by atoms with Gasteiger partial charge in [-0.3, -0.25) is 0 Å². The van der Waals surface area contributed by atoms with Crippen LogP contribution in [0.1, 0.15) is 66.9 Å². The monoisotopic (exact) mass is 361 g/mol. The molecule has 0 spiro atoms. The third-order valence-corrected chi connectivity index (χ3v) is 5.53. The Balaban J connectivity index is 2.11. The van der Waals surface area contributed by atoms with Crippen molar-refractivity contribution in [3.63, 3.8) is 0 Å². The zero-order valence-electron chi connectivity index (χ0n) is 17.3. The molecule has 1 amide bonds. The lowest BCUT2D eigenvalue weighted by molar-refractivity contribution is 0.00578. The highest BCUT2D eigenvalue weighted by molar-refractivity contribution is 6.62. The van der Waals surface area contributed by atoms with E-state index in [4.69, 9.17) is 9.31 Å². The SMILES string of the molecule is C[C@H](CN(C(=O)O)C(C)(C)C)c1ccc(B2OC(C)(C)C(C)(C)O2)cc1. The lowest BCUT2D eigenvalue weighted by Crippen LogP contribution is -2.46. The number of amides is 1. The minimum absolute atomic E-state index is 0.0951. The molecule has 0 saturated carbocycles. The lowest BCUT2D eigenvalue weighted by atomic mass is 9.78. The summed E-state index contributed by atoms with van der Waals surface area (Å²) in [7, 11) is -0.380. The van der Waals surface area contributed by atoms with E-state index in [0.717, 1.165) is 11.0 Å². The first kappa shape index (κ1) is 20.8. The van der Waals surface area contributed by atoms with Crippen molar-refractivity contribution in [1.29, 1.82) is 0 Å². The molecular weight excluding hydrogens is 329 g/mol. The van der Waals surface area contributed by atoms with Crippen LogP contribution in [0.15, 0.2) is 24.3 Å². The van der Waals surface area contributed by atoms with Crippen LogP contribution in [0.4, 0.5) is 4.79 Å². The molecule has 1 heterocycles. The van der Waals surface area contributed by atoms with Gasteiger partial charge in [-0.2, -0.15) is 0 Å². The van der Waals surface area contributed by atoms with E-state index in [9.17, 15) is 9.90 Å². The summed E-state index contributed by atoms with van der Waals surface area (Å²) in [6.07, 6.45) is -0.891. The first-order valence-corrected chi connectivity index (χ1v) is 9.21. The minimum atomic E-state index is -0.891. The Kier molecular flexibility index (Phi) is 5.51. The average molecular weight is 361 g/mol. The van der Waals surface area contributed by atoms with Gasteiger partial charge in [0.15, 0.2) is 0 Å². The molecule has 1 aromatic rings. The van der Waals surface area contributed by atoms with Gasteiger partial charge in [-0.1, -0.05) is 31.2 Å². The quantitative estimate of drug-likeness (QED) is 0.828. The molecule has 1 aromatic carbocycles. The number of rotatable bonds is 4. The highest BCUT2D eigenvalue weighted by Crippen LogP contribution is 2.36. The number of hydrogen-bond acceptors (Lipinski definition) is 3. The number of nitrogens with zero attached hydrogens (tertiary/aromatic N) is 1. The van der Waals surface area contributed by atoms with Crippen molar-refractivity contribution in [2.24, 2.45) is 0 Å². The van der Waals surface area contributed by atoms with E-state index in [1.165, 1.54) is 4.90 Å². The van der Waals surface area contributed by atoms with Crippen molar-refractivity contribution in [1.82, 2.24) is 4.90 Å². The maximum Gasteiger partial charge on any atom is 0.494 e. The standard InChI is InChI=1S/C20H32BNO4/c1-14(13-22(17(23)24)18(2,3)4)15-9-11-16(12-10-15)21-25-19(5,6)20(7,8)26-21/h9-12,14H,13H2,1-8H3,(H,23,24)/t14-/m1/s1. The molecule has 1 atom stereocenters. The van der Waals surface area contributed by atoms with Gasteiger partial charge in [-0.25, -0.2) is 4.79 Å². The van der Waals surface area contributed by atoms with Crippen LogP contribution in [0, 0.1) is 0 Å². The zero-order valence-corrected chi connectivity index (χ0v) is 17.3. The van der Waals surface area contributed by atoms with E-state index < -0.39 is 11.6 Å². The van der Waals surface area contributed by atoms with E-state index in [0.29, 0.717) is 6.54 Å². The number of benzene rings is 1. The van der Waals surface area contributed by atoms with Crippen molar-refractivity contribution < 1.29 is 19.2 Å². The number of hydrogen-bond donors (Lipinski definition) is 1. The maximum atomic E-state index is 11.6. The van der Waals surface area contributed by atoms with Gasteiger partial charge in [0.25, 0.3) is 0 Å². The van der Waals surface area contributed by atoms with E-state index in [1.54, 1.807) is 0 Å². The number of carboxylic acid groups (broad SMARTS) is 1. The van der Waals surface area contributed by atoms with E-state index in [-0.39, 0.29) is 24.2 Å². The van der Waals surface area contributed by atoms with Gasteiger partial charge in [0.2, 0.25) is 0 Å². The van der Waals surface area contributed by atoms with Crippen molar-refractivity contribution in [2.75, 3.05) is 6.54 Å². The molecule has 5 nitrogen and oxygen atoms in total. The Morgan fingerprint density at radius 3 is 1.96 bits per heavy atom. The fraction of sp³-hybridized carbons (Fsp3) is 0.650. The first-order valence-electron chi connectivity index (χ1n) is 9.21. The third-order valence-electron chi connectivity index (χ3n) is 5.53. The molecule has 1 aliphatic heterocycles. The molecule has 1 aliphatic rings. The Hall–Kier alpha value is -1.53. The highest BCUT2D eigenvalue weighted by atomic mass is 16.7. The lowest BCUT2D eigenvalue weighted by Gasteiger charge is -2.35. The fourth-order valence-corrected chi connectivity index (χ4v) is 2.98. The third kappa shape index (κ3) is 4.23. The van der Waals surface area contributed by atoms with Crippen molar-refractivity contribution >= 4 is 18.7 Å². The first-order chi connectivity index (χ1) is 11.7. The molecule has 1 fully saturated rings. The molecule has 1 N–H and O–H groups in total. The fourth-order valence-electron chi connectivity index (χ4n) is 2.98. The molecule has 1 saturated heterocycles. The molecule has 0 bridgehead atoms. The minimum Gasteiger partial charge on any atom is -0.465 e. The van der Waals surface area contributed by atoms with Gasteiger partial charge in [0.1, 0.15) is 0 Å². The molecule has 0 aromatic heterocycles. The van der Waals surface area contributed by atoms with Gasteiger partial charge in [-0.15, -0.1) is 0 Å². The second-order valence-corrected chi connectivity index (χ2v) is 9.22. The average Bonchev–Trinajstić information content (AvgIpc) is 2.71. The molecule has 0 radical (unpaired) electrons. The highest BCUT2D eigenvalue weighted by Gasteiger charge is 2.51. The molecule has 6 heteroatoms. The van der Waals surface area contributed by atoms with Crippen LogP contribution in [-0.4, -0.2) is 46.5 Å². The van der Waals surface area contributed by atoms with Crippen molar-refractivity contribution in [3.8, 4) is 0 Å². The van der Waals surface area contributed by atoms with Crippen molar-refractivity contribution in [3.05, 3.63) is 29.8 Å². The predicted molar refractivity (Wildman–Crippen MR) is 105 cm³/mol. The zero-order chi connectivity index (χ0) is 19.9. The van der Waals surface area contributed by atoms with Gasteiger partial charge < -0.3 is 19.3 Å². The van der Waals surface area contributed by atoms with Gasteiger partial charge in [0.05, 0.1) is 11.2 Å². The van der Waals surface area contributed by atoms with Crippen LogP contribution in [0.25, 0.3) is 0 Å². The largest absolute Gasteiger partial charge is 0.494 e. The summed E-state index contributed by atoms with van der Waals surface area (Å²) in [5, 5.41) is 9.48. The number of carbonyl (C=O) groups is 1. The predicted octanol–water partition coefficient (Wildman–Crippen LogP) is 3.87. The van der Waals surface area contributed by atoms with Crippen molar-refractivity contribution in [2.45, 2.75) is 78.0 Å². The summed E-state index contributed by atoms with van der Waals surface area (Å²) in [6.45, 7) is 16.4. The van der Waals surface area contributed by atoms with Crippen LogP contribution in [0.2, 0.25) is 0 Å². The molecule has 26 heavy (non-hydrogen) atoms. The van der Waals surface area contributed by atoms with Crippen LogP contribution >= 0.6 is 0 Å². The summed E-state index contributed by atoms with van der Waals surface area (Å²) in [6, 6.07) is 8.09. The van der Waals surface area contributed by atoms with E-state index in [1.807, 2.05) is 79.7 Å². The second kappa shape index (κ2) is 6.89. The summed E-state index contributed by atoms with van der Waals surface area (Å²) in [4.78, 5) is 13.0. The van der Waals surface area contributed by atoms with E-state index >= 15 is 0 Å². The molecular formula is C20H32BNO4. The molecule has 0 aliphatic carbocycles. The smallest absolute Gasteiger partial charge is 0.465 e. The van der Waals surface area contributed by atoms with Crippen LogP contribution in [0.5, 0.6) is 0 Å². The summed E-state index contributed by atoms with van der Waals surface area (Å²) in [5.41, 5.74) is 0.922. The second-order valence-electron chi connectivity index (χ2n) is 9.22. The Labute approximate surface area is 157 Å². The normalized spacial score (nSPS) is 20.1.